The van der Waals surface area contributed by atoms with E-state index in [-0.39, 0.29) is 0 Å². The first-order chi connectivity index (χ1) is 10.9. The fraction of sp³-hybridized carbons (Fsp3) is 0.188. The average Bonchev–Trinajstić information content (AvgIpc) is 3.04. The Hall–Kier alpha value is -2.54. The molecule has 0 bridgehead atoms. The van der Waals surface area contributed by atoms with Gasteiger partial charge in [0, 0.05) is 36.6 Å². The molecule has 3 rings (SSSR count). The molecule has 1 unspecified atom stereocenters. The minimum atomic E-state index is -3.13. The predicted molar refractivity (Wildman–Crippen MR) is 87.8 cm³/mol. The first-order valence-corrected chi connectivity index (χ1v) is 9.01. The standard InChI is InChI=1S/C16H16N4O2S/c1-12(23(2,21)22)14-3-4-16(18-9-14)20-11-15(10-19-20)13-5-7-17-8-6-13/h3-12H,1-2H3. The van der Waals surface area contributed by atoms with Crippen molar-refractivity contribution in [3.8, 4) is 16.9 Å². The van der Waals surface area contributed by atoms with Crippen molar-refractivity contribution in [3.63, 3.8) is 0 Å². The molecule has 0 aliphatic rings. The van der Waals surface area contributed by atoms with Crippen LogP contribution in [0, 0.1) is 0 Å². The van der Waals surface area contributed by atoms with Crippen LogP contribution in [0.2, 0.25) is 0 Å². The van der Waals surface area contributed by atoms with E-state index in [0.29, 0.717) is 11.4 Å². The highest BCUT2D eigenvalue weighted by Crippen LogP contribution is 2.22. The fourth-order valence-corrected chi connectivity index (χ4v) is 2.80. The van der Waals surface area contributed by atoms with Crippen LogP contribution >= 0.6 is 0 Å². The van der Waals surface area contributed by atoms with Crippen LogP contribution in [0.1, 0.15) is 17.7 Å². The SMILES string of the molecule is CC(c1ccc(-n2cc(-c3ccncc3)cn2)nc1)S(C)(=O)=O. The Labute approximate surface area is 134 Å². The van der Waals surface area contributed by atoms with Crippen LogP contribution in [-0.2, 0) is 9.84 Å². The van der Waals surface area contributed by atoms with Crippen LogP contribution < -0.4 is 0 Å². The maximum Gasteiger partial charge on any atom is 0.154 e. The molecule has 0 radical (unpaired) electrons. The summed E-state index contributed by atoms with van der Waals surface area (Å²) in [6, 6.07) is 7.35. The van der Waals surface area contributed by atoms with Crippen LogP contribution in [0.15, 0.2) is 55.2 Å². The Morgan fingerprint density at radius 3 is 2.39 bits per heavy atom. The molecule has 23 heavy (non-hydrogen) atoms. The van der Waals surface area contributed by atoms with Crippen molar-refractivity contribution in [3.05, 3.63) is 60.8 Å². The quantitative estimate of drug-likeness (QED) is 0.735. The molecule has 1 atom stereocenters. The third-order valence-corrected chi connectivity index (χ3v) is 5.27. The van der Waals surface area contributed by atoms with E-state index in [0.717, 1.165) is 11.1 Å². The van der Waals surface area contributed by atoms with Crippen LogP contribution in [0.3, 0.4) is 0 Å². The highest BCUT2D eigenvalue weighted by atomic mass is 32.2. The Kier molecular flexibility index (Phi) is 3.96. The van der Waals surface area contributed by atoms with E-state index in [1.54, 1.807) is 48.5 Å². The van der Waals surface area contributed by atoms with Crippen LogP contribution in [0.4, 0.5) is 0 Å². The van der Waals surface area contributed by atoms with E-state index in [1.807, 2.05) is 18.3 Å². The second-order valence-corrected chi connectivity index (χ2v) is 7.70. The van der Waals surface area contributed by atoms with Gasteiger partial charge in [-0.2, -0.15) is 5.10 Å². The molecule has 0 aliphatic heterocycles. The zero-order valence-electron chi connectivity index (χ0n) is 12.8. The van der Waals surface area contributed by atoms with E-state index < -0.39 is 15.1 Å². The van der Waals surface area contributed by atoms with Crippen molar-refractivity contribution < 1.29 is 8.42 Å². The van der Waals surface area contributed by atoms with Gasteiger partial charge in [0.15, 0.2) is 15.7 Å². The molecule has 0 amide bonds. The van der Waals surface area contributed by atoms with Crippen molar-refractivity contribution in [2.75, 3.05) is 6.26 Å². The maximum absolute atomic E-state index is 11.6. The van der Waals surface area contributed by atoms with Crippen molar-refractivity contribution >= 4 is 9.84 Å². The van der Waals surface area contributed by atoms with Gasteiger partial charge in [-0.25, -0.2) is 18.1 Å². The smallest absolute Gasteiger partial charge is 0.154 e. The largest absolute Gasteiger partial charge is 0.265 e. The van der Waals surface area contributed by atoms with Crippen LogP contribution in [0.5, 0.6) is 0 Å². The number of pyridine rings is 2. The summed E-state index contributed by atoms with van der Waals surface area (Å²) in [7, 11) is -3.13. The second-order valence-electron chi connectivity index (χ2n) is 5.33. The summed E-state index contributed by atoms with van der Waals surface area (Å²) in [4.78, 5) is 8.31. The molecule has 0 N–H and O–H groups in total. The molecule has 0 fully saturated rings. The number of nitrogens with zero attached hydrogens (tertiary/aromatic N) is 4. The summed E-state index contributed by atoms with van der Waals surface area (Å²) in [5.74, 6) is 0.634. The average molecular weight is 328 g/mol. The maximum atomic E-state index is 11.6. The summed E-state index contributed by atoms with van der Waals surface area (Å²) < 4.78 is 24.9. The molecule has 3 aromatic rings. The number of hydrogen-bond acceptors (Lipinski definition) is 5. The van der Waals surface area contributed by atoms with Crippen molar-refractivity contribution in [1.29, 1.82) is 0 Å². The minimum absolute atomic E-state index is 0.575. The van der Waals surface area contributed by atoms with Gasteiger partial charge < -0.3 is 0 Å². The van der Waals surface area contributed by atoms with Gasteiger partial charge in [0.05, 0.1) is 11.4 Å². The van der Waals surface area contributed by atoms with E-state index in [2.05, 4.69) is 15.1 Å². The lowest BCUT2D eigenvalue weighted by molar-refractivity contribution is 0.592. The fourth-order valence-electron chi connectivity index (χ4n) is 2.16. The second kappa shape index (κ2) is 5.92. The molecular weight excluding hydrogens is 312 g/mol. The molecule has 7 heteroatoms. The molecule has 3 aromatic heterocycles. The lowest BCUT2D eigenvalue weighted by Crippen LogP contribution is -2.08. The van der Waals surface area contributed by atoms with Gasteiger partial charge in [-0.3, -0.25) is 4.98 Å². The molecule has 0 aliphatic carbocycles. The molecule has 0 saturated heterocycles. The molecule has 0 aromatic carbocycles. The first-order valence-electron chi connectivity index (χ1n) is 7.05. The molecular formula is C16H16N4O2S. The highest BCUT2D eigenvalue weighted by Gasteiger charge is 2.17. The van der Waals surface area contributed by atoms with Crippen molar-refractivity contribution in [1.82, 2.24) is 19.7 Å². The molecule has 118 valence electrons. The number of sulfone groups is 1. The van der Waals surface area contributed by atoms with E-state index in [4.69, 9.17) is 0 Å². The van der Waals surface area contributed by atoms with E-state index >= 15 is 0 Å². The van der Waals surface area contributed by atoms with Gasteiger partial charge in [0.1, 0.15) is 0 Å². The van der Waals surface area contributed by atoms with Gasteiger partial charge in [0.2, 0.25) is 0 Å². The Bertz CT molecular complexity index is 903. The summed E-state index contributed by atoms with van der Waals surface area (Å²) in [6.45, 7) is 1.65. The lowest BCUT2D eigenvalue weighted by atomic mass is 10.1. The zero-order valence-corrected chi connectivity index (χ0v) is 13.6. The number of hydrogen-bond donors (Lipinski definition) is 0. The Morgan fingerprint density at radius 2 is 1.78 bits per heavy atom. The minimum Gasteiger partial charge on any atom is -0.265 e. The topological polar surface area (TPSA) is 77.7 Å². The zero-order chi connectivity index (χ0) is 16.4. The first kappa shape index (κ1) is 15.4. The van der Waals surface area contributed by atoms with Gasteiger partial charge >= 0.3 is 0 Å². The van der Waals surface area contributed by atoms with E-state index in [9.17, 15) is 8.42 Å². The Balaban J connectivity index is 1.88. The Morgan fingerprint density at radius 1 is 1.04 bits per heavy atom. The third kappa shape index (κ3) is 3.29. The number of rotatable bonds is 4. The van der Waals surface area contributed by atoms with Crippen molar-refractivity contribution in [2.45, 2.75) is 12.2 Å². The summed E-state index contributed by atoms with van der Waals surface area (Å²) in [5, 5.41) is 3.73. The highest BCUT2D eigenvalue weighted by molar-refractivity contribution is 7.90. The van der Waals surface area contributed by atoms with Gasteiger partial charge in [0.25, 0.3) is 0 Å². The normalized spacial score (nSPS) is 13.0. The summed E-state index contributed by atoms with van der Waals surface area (Å²) in [6.07, 6.45) is 9.88. The van der Waals surface area contributed by atoms with Gasteiger partial charge in [-0.05, 0) is 36.2 Å². The third-order valence-electron chi connectivity index (χ3n) is 3.71. The number of aromatic nitrogens is 4. The predicted octanol–water partition coefficient (Wildman–Crippen LogP) is 2.43. The molecule has 6 nitrogen and oxygen atoms in total. The summed E-state index contributed by atoms with van der Waals surface area (Å²) in [5.41, 5.74) is 2.65. The summed E-state index contributed by atoms with van der Waals surface area (Å²) >= 11 is 0. The van der Waals surface area contributed by atoms with Gasteiger partial charge in [-0.15, -0.1) is 0 Å². The van der Waals surface area contributed by atoms with E-state index in [1.165, 1.54) is 6.26 Å². The van der Waals surface area contributed by atoms with Gasteiger partial charge in [-0.1, -0.05) is 6.07 Å². The lowest BCUT2D eigenvalue weighted by Gasteiger charge is -2.09. The van der Waals surface area contributed by atoms with Crippen LogP contribution in [0.25, 0.3) is 16.9 Å². The molecule has 3 heterocycles. The molecule has 0 saturated carbocycles. The van der Waals surface area contributed by atoms with Crippen molar-refractivity contribution in [2.24, 2.45) is 0 Å². The van der Waals surface area contributed by atoms with Crippen LogP contribution in [-0.4, -0.2) is 34.4 Å². The molecule has 0 spiro atoms. The monoisotopic (exact) mass is 328 g/mol.